The van der Waals surface area contributed by atoms with Crippen molar-refractivity contribution in [1.29, 1.82) is 0 Å². The number of rotatable bonds is 3. The molecule has 1 unspecified atom stereocenters. The smallest absolute Gasteiger partial charge is 0.125 e. The number of benzene rings is 1. The Labute approximate surface area is 99.6 Å². The Morgan fingerprint density at radius 2 is 1.93 bits per heavy atom. The molecule has 1 atom stereocenters. The largest absolute Gasteiger partial charge is 0.497 e. The van der Waals surface area contributed by atoms with Crippen molar-refractivity contribution in [1.82, 2.24) is 0 Å². The number of halogens is 2. The molecule has 2 rings (SSSR count). The van der Waals surface area contributed by atoms with E-state index >= 15 is 0 Å². The van der Waals surface area contributed by atoms with Crippen molar-refractivity contribution in [2.24, 2.45) is 5.92 Å². The maximum Gasteiger partial charge on any atom is 0.125 e. The van der Waals surface area contributed by atoms with E-state index in [9.17, 15) is 0 Å². The van der Waals surface area contributed by atoms with Gasteiger partial charge < -0.3 is 4.74 Å². The summed E-state index contributed by atoms with van der Waals surface area (Å²) in [5.74, 6) is 1.16. The summed E-state index contributed by atoms with van der Waals surface area (Å²) in [6, 6.07) is 7.87. The first kappa shape index (κ1) is 10.8. The molecule has 0 amide bonds. The highest BCUT2D eigenvalue weighted by Gasteiger charge is 2.49. The summed E-state index contributed by atoms with van der Waals surface area (Å²) in [5.41, 5.74) is 1.13. The van der Waals surface area contributed by atoms with Crippen molar-refractivity contribution in [3.05, 3.63) is 35.9 Å². The van der Waals surface area contributed by atoms with E-state index in [1.54, 1.807) is 7.11 Å². The molecule has 0 N–H and O–H groups in total. The first-order valence-electron chi connectivity index (χ1n) is 4.82. The summed E-state index contributed by atoms with van der Waals surface area (Å²) < 4.78 is 4.55. The second-order valence-electron chi connectivity index (χ2n) is 3.70. The molecule has 0 saturated heterocycles. The van der Waals surface area contributed by atoms with Crippen LogP contribution < -0.4 is 4.74 Å². The molecule has 0 radical (unpaired) electrons. The quantitative estimate of drug-likeness (QED) is 0.731. The summed E-state index contributed by atoms with van der Waals surface area (Å²) in [7, 11) is 1.66. The van der Waals surface area contributed by atoms with Gasteiger partial charge in [0, 0.05) is 5.92 Å². The standard InChI is InChI=1S/C12H12Cl2O/c1-15-11-6-3-9(4-7-11)2-5-10-8-12(10,13)14/h2-7,10H,8H2,1H3. The molecule has 0 heterocycles. The van der Waals surface area contributed by atoms with Gasteiger partial charge in [0.25, 0.3) is 0 Å². The summed E-state index contributed by atoms with van der Waals surface area (Å²) in [5, 5.41) is 0. The van der Waals surface area contributed by atoms with Crippen molar-refractivity contribution in [3.8, 4) is 5.75 Å². The maximum atomic E-state index is 5.92. The Balaban J connectivity index is 1.99. The van der Waals surface area contributed by atoms with Gasteiger partial charge in [-0.05, 0) is 24.1 Å². The molecule has 1 nitrogen and oxygen atoms in total. The van der Waals surface area contributed by atoms with Crippen molar-refractivity contribution in [2.75, 3.05) is 7.11 Å². The molecular weight excluding hydrogens is 231 g/mol. The normalized spacial score (nSPS) is 23.0. The van der Waals surface area contributed by atoms with E-state index in [1.165, 1.54) is 0 Å². The van der Waals surface area contributed by atoms with E-state index in [2.05, 4.69) is 6.08 Å². The van der Waals surface area contributed by atoms with E-state index in [-0.39, 0.29) is 0 Å². The molecule has 0 bridgehead atoms. The van der Waals surface area contributed by atoms with Crippen molar-refractivity contribution in [2.45, 2.75) is 10.8 Å². The Bertz CT molecular complexity index is 368. The molecule has 1 aliphatic rings. The minimum atomic E-state index is -0.525. The lowest BCUT2D eigenvalue weighted by molar-refractivity contribution is 0.415. The molecule has 80 valence electrons. The molecule has 0 spiro atoms. The third-order valence-electron chi connectivity index (χ3n) is 2.51. The number of allylic oxidation sites excluding steroid dienone is 1. The number of hydrogen-bond acceptors (Lipinski definition) is 1. The average Bonchev–Trinajstić information content (AvgIpc) is 2.84. The molecule has 1 aromatic rings. The van der Waals surface area contributed by atoms with Crippen LogP contribution in [-0.4, -0.2) is 11.4 Å². The summed E-state index contributed by atoms with van der Waals surface area (Å²) in [4.78, 5) is 0. The zero-order chi connectivity index (χ0) is 10.9. The number of alkyl halides is 2. The van der Waals surface area contributed by atoms with Crippen molar-refractivity contribution < 1.29 is 4.74 Å². The lowest BCUT2D eigenvalue weighted by Crippen LogP contribution is -1.85. The summed E-state index contributed by atoms with van der Waals surface area (Å²) in [6.45, 7) is 0. The Hall–Kier alpha value is -0.660. The highest BCUT2D eigenvalue weighted by molar-refractivity contribution is 6.51. The topological polar surface area (TPSA) is 9.23 Å². The van der Waals surface area contributed by atoms with Crippen LogP contribution in [0.5, 0.6) is 5.75 Å². The van der Waals surface area contributed by atoms with Crippen LogP contribution in [0.15, 0.2) is 30.3 Å². The first-order chi connectivity index (χ1) is 7.12. The van der Waals surface area contributed by atoms with E-state index in [4.69, 9.17) is 27.9 Å². The summed E-state index contributed by atoms with van der Waals surface area (Å²) in [6.07, 6.45) is 4.95. The Morgan fingerprint density at radius 1 is 1.33 bits per heavy atom. The fourth-order valence-corrected chi connectivity index (χ4v) is 1.86. The molecule has 15 heavy (non-hydrogen) atoms. The average molecular weight is 243 g/mol. The van der Waals surface area contributed by atoms with E-state index < -0.39 is 4.33 Å². The fourth-order valence-electron chi connectivity index (χ4n) is 1.39. The third-order valence-corrected chi connectivity index (χ3v) is 3.38. The van der Waals surface area contributed by atoms with Gasteiger partial charge >= 0.3 is 0 Å². The second kappa shape index (κ2) is 4.07. The molecule has 0 aliphatic heterocycles. The minimum Gasteiger partial charge on any atom is -0.497 e. The summed E-state index contributed by atoms with van der Waals surface area (Å²) >= 11 is 11.8. The van der Waals surface area contributed by atoms with Gasteiger partial charge in [-0.1, -0.05) is 24.3 Å². The van der Waals surface area contributed by atoms with Crippen LogP contribution in [0.1, 0.15) is 12.0 Å². The number of ether oxygens (including phenoxy) is 1. The lowest BCUT2D eigenvalue weighted by Gasteiger charge is -1.99. The maximum absolute atomic E-state index is 5.92. The third kappa shape index (κ3) is 2.67. The van der Waals surface area contributed by atoms with Gasteiger partial charge in [0.15, 0.2) is 0 Å². The van der Waals surface area contributed by atoms with Gasteiger partial charge in [0.05, 0.1) is 7.11 Å². The van der Waals surface area contributed by atoms with Crippen LogP contribution in [0.25, 0.3) is 6.08 Å². The van der Waals surface area contributed by atoms with Crippen molar-refractivity contribution in [3.63, 3.8) is 0 Å². The number of hydrogen-bond donors (Lipinski definition) is 0. The van der Waals surface area contributed by atoms with E-state index in [1.807, 2.05) is 30.3 Å². The lowest BCUT2D eigenvalue weighted by atomic mass is 10.2. The van der Waals surface area contributed by atoms with E-state index in [0.29, 0.717) is 5.92 Å². The molecule has 1 aliphatic carbocycles. The molecule has 1 aromatic carbocycles. The Morgan fingerprint density at radius 3 is 2.40 bits per heavy atom. The van der Waals surface area contributed by atoms with Gasteiger partial charge in [0.2, 0.25) is 0 Å². The SMILES string of the molecule is COc1ccc(C=CC2CC2(Cl)Cl)cc1. The van der Waals surface area contributed by atoms with Crippen LogP contribution in [0.4, 0.5) is 0 Å². The van der Waals surface area contributed by atoms with Gasteiger partial charge in [-0.15, -0.1) is 23.2 Å². The zero-order valence-corrected chi connectivity index (χ0v) is 9.92. The molecular formula is C12H12Cl2O. The predicted octanol–water partition coefficient (Wildman–Crippen LogP) is 3.90. The van der Waals surface area contributed by atoms with Gasteiger partial charge in [-0.3, -0.25) is 0 Å². The van der Waals surface area contributed by atoms with Gasteiger partial charge in [0.1, 0.15) is 10.1 Å². The molecule has 0 aromatic heterocycles. The highest BCUT2D eigenvalue weighted by Crippen LogP contribution is 2.54. The van der Waals surface area contributed by atoms with Crippen LogP contribution in [0.2, 0.25) is 0 Å². The molecule has 1 saturated carbocycles. The Kier molecular flexibility index (Phi) is 2.94. The molecule has 1 fully saturated rings. The predicted molar refractivity (Wildman–Crippen MR) is 64.6 cm³/mol. The van der Waals surface area contributed by atoms with Crippen LogP contribution in [0, 0.1) is 5.92 Å². The van der Waals surface area contributed by atoms with Crippen LogP contribution >= 0.6 is 23.2 Å². The second-order valence-corrected chi connectivity index (χ2v) is 5.25. The van der Waals surface area contributed by atoms with Gasteiger partial charge in [-0.25, -0.2) is 0 Å². The number of methoxy groups -OCH3 is 1. The highest BCUT2D eigenvalue weighted by atomic mass is 35.5. The fraction of sp³-hybridized carbons (Fsp3) is 0.333. The first-order valence-corrected chi connectivity index (χ1v) is 5.57. The van der Waals surface area contributed by atoms with Crippen LogP contribution in [0.3, 0.4) is 0 Å². The van der Waals surface area contributed by atoms with Crippen LogP contribution in [-0.2, 0) is 0 Å². The minimum absolute atomic E-state index is 0.294. The van der Waals surface area contributed by atoms with Crippen molar-refractivity contribution >= 4 is 29.3 Å². The monoisotopic (exact) mass is 242 g/mol. The molecule has 3 heteroatoms. The zero-order valence-electron chi connectivity index (χ0n) is 8.41. The van der Waals surface area contributed by atoms with E-state index in [0.717, 1.165) is 17.7 Å². The van der Waals surface area contributed by atoms with Gasteiger partial charge in [-0.2, -0.15) is 0 Å².